The minimum Gasteiger partial charge on any atom is -0.456 e. The SMILES string of the molecule is CCP(=O)(CC)O/C(C)=C(/C(=O)OCC(Cl)(Cl)Cl)N1C(=O)C(NC(=O)Cc2ccccc2)C1SSc1nc2ccccc2s1. The molecule has 2 atom stereocenters. The predicted octanol–water partition coefficient (Wildman–Crippen LogP) is 7.41. The van der Waals surface area contributed by atoms with Gasteiger partial charge >= 0.3 is 5.97 Å². The number of hydrogen-bond acceptors (Lipinski definition) is 10. The summed E-state index contributed by atoms with van der Waals surface area (Å²) in [6, 6.07) is 15.8. The number of likely N-dealkylation sites (tertiary alicyclic amines) is 1. The topological polar surface area (TPSA) is 115 Å². The lowest BCUT2D eigenvalue weighted by atomic mass is 10.0. The van der Waals surface area contributed by atoms with Crippen LogP contribution in [0.25, 0.3) is 10.2 Å². The number of benzene rings is 2. The number of fused-ring (bicyclic) bond motifs is 1. The van der Waals surface area contributed by atoms with Crippen molar-refractivity contribution >= 4 is 103 Å². The van der Waals surface area contributed by atoms with E-state index in [4.69, 9.17) is 44.1 Å². The minimum absolute atomic E-state index is 0.0549. The summed E-state index contributed by atoms with van der Waals surface area (Å²) in [4.78, 5) is 46.0. The van der Waals surface area contributed by atoms with Gasteiger partial charge in [0.1, 0.15) is 23.8 Å². The highest BCUT2D eigenvalue weighted by molar-refractivity contribution is 8.77. The number of thiazole rings is 1. The lowest BCUT2D eigenvalue weighted by Crippen LogP contribution is -2.69. The van der Waals surface area contributed by atoms with Gasteiger partial charge < -0.3 is 14.6 Å². The number of para-hydroxylation sites is 1. The zero-order valence-corrected chi connectivity index (χ0v) is 29.4. The van der Waals surface area contributed by atoms with Crippen LogP contribution in [-0.4, -0.2) is 61.8 Å². The molecule has 1 fully saturated rings. The normalized spacial score (nSPS) is 17.6. The average Bonchev–Trinajstić information content (AvgIpc) is 3.41. The number of carbonyl (C=O) groups is 3. The third kappa shape index (κ3) is 8.87. The number of ether oxygens (including phenoxy) is 1. The van der Waals surface area contributed by atoms with Crippen LogP contribution < -0.4 is 5.32 Å². The molecule has 1 aliphatic rings. The maximum absolute atomic E-state index is 13.7. The predicted molar refractivity (Wildman–Crippen MR) is 180 cm³/mol. The lowest BCUT2D eigenvalue weighted by Gasteiger charge is -2.46. The molecule has 9 nitrogen and oxygen atoms in total. The van der Waals surface area contributed by atoms with Crippen LogP contribution in [0.4, 0.5) is 0 Å². The van der Waals surface area contributed by atoms with Crippen LogP contribution >= 0.6 is 75.1 Å². The number of nitrogens with one attached hydrogen (secondary N) is 1. The van der Waals surface area contributed by atoms with Gasteiger partial charge in [-0.3, -0.25) is 19.1 Å². The van der Waals surface area contributed by atoms with Crippen molar-refractivity contribution in [3.05, 3.63) is 71.6 Å². The molecule has 3 aromatic rings. The molecule has 0 aliphatic carbocycles. The molecule has 0 spiro atoms. The molecular weight excluding hydrogens is 708 g/mol. The standard InChI is InChI=1S/C28H29Cl3N3O6PS3/c1-4-41(38,5-2)40-17(3)23(26(37)39-16-28(29,30)31)34-24(36)22(33-21(35)15-18-11-7-6-8-12-18)25(34)43-44-27-32-19-13-9-10-14-20(19)42-27/h6-14,22,25H,4-5,15-16H2,1-3H3,(H,33,35)/b23-17-. The van der Waals surface area contributed by atoms with Crippen LogP contribution in [0, 0.1) is 0 Å². The summed E-state index contributed by atoms with van der Waals surface area (Å²) in [5.74, 6) is -2.04. The van der Waals surface area contributed by atoms with Gasteiger partial charge in [-0.2, -0.15) is 0 Å². The van der Waals surface area contributed by atoms with E-state index >= 15 is 0 Å². The van der Waals surface area contributed by atoms with E-state index in [2.05, 4.69) is 10.3 Å². The van der Waals surface area contributed by atoms with Crippen molar-refractivity contribution in [2.24, 2.45) is 0 Å². The molecule has 2 aromatic carbocycles. The van der Waals surface area contributed by atoms with Crippen LogP contribution in [0.5, 0.6) is 0 Å². The number of β-lactam (4-membered cyclic amide) rings is 1. The fourth-order valence-electron chi connectivity index (χ4n) is 4.19. The molecule has 16 heteroatoms. The van der Waals surface area contributed by atoms with Gasteiger partial charge in [0.25, 0.3) is 5.91 Å². The van der Waals surface area contributed by atoms with Gasteiger partial charge in [-0.15, -0.1) is 11.3 Å². The van der Waals surface area contributed by atoms with E-state index in [1.54, 1.807) is 13.8 Å². The Hall–Kier alpha value is -1.92. The number of amides is 2. The third-order valence-electron chi connectivity index (χ3n) is 6.46. The summed E-state index contributed by atoms with van der Waals surface area (Å²) in [5.41, 5.74) is 1.31. The molecule has 2 heterocycles. The van der Waals surface area contributed by atoms with E-state index in [1.807, 2.05) is 54.6 Å². The number of nitrogens with zero attached hydrogens (tertiary/aromatic N) is 2. The number of allylic oxidation sites excluding steroid dienone is 1. The maximum Gasteiger partial charge on any atom is 0.358 e. The lowest BCUT2D eigenvalue weighted by molar-refractivity contribution is -0.152. The van der Waals surface area contributed by atoms with Gasteiger partial charge in [0.05, 0.1) is 16.6 Å². The number of halogens is 3. The van der Waals surface area contributed by atoms with Crippen molar-refractivity contribution < 1.29 is 28.2 Å². The monoisotopic (exact) mass is 735 g/mol. The van der Waals surface area contributed by atoms with Gasteiger partial charge in [-0.05, 0) is 35.4 Å². The molecule has 4 rings (SSSR count). The van der Waals surface area contributed by atoms with Crippen molar-refractivity contribution in [3.63, 3.8) is 0 Å². The summed E-state index contributed by atoms with van der Waals surface area (Å²) in [6.07, 6.45) is 0.462. The smallest absolute Gasteiger partial charge is 0.358 e. The van der Waals surface area contributed by atoms with Gasteiger partial charge in [0.2, 0.25) is 17.1 Å². The summed E-state index contributed by atoms with van der Waals surface area (Å²) >= 11 is 18.9. The molecular formula is C28H29Cl3N3O6PS3. The van der Waals surface area contributed by atoms with Gasteiger partial charge in [0, 0.05) is 12.3 Å². The molecule has 1 saturated heterocycles. The fraction of sp³-hybridized carbons (Fsp3) is 0.357. The van der Waals surface area contributed by atoms with E-state index in [0.717, 1.165) is 15.8 Å². The number of rotatable bonds is 13. The molecule has 2 unspecified atom stereocenters. The van der Waals surface area contributed by atoms with Crippen molar-refractivity contribution in [2.45, 2.75) is 46.7 Å². The van der Waals surface area contributed by atoms with Crippen LogP contribution in [0.15, 0.2) is 70.4 Å². The number of esters is 1. The van der Waals surface area contributed by atoms with Crippen molar-refractivity contribution in [3.8, 4) is 0 Å². The van der Waals surface area contributed by atoms with E-state index < -0.39 is 41.1 Å². The largest absolute Gasteiger partial charge is 0.456 e. The van der Waals surface area contributed by atoms with Crippen molar-refractivity contribution in [1.29, 1.82) is 0 Å². The van der Waals surface area contributed by atoms with Crippen LogP contribution in [0.3, 0.4) is 0 Å². The second kappa shape index (κ2) is 15.1. The maximum atomic E-state index is 13.7. The second-order valence-electron chi connectivity index (χ2n) is 9.57. The Morgan fingerprint density at radius 2 is 1.75 bits per heavy atom. The number of aromatic nitrogens is 1. The Kier molecular flexibility index (Phi) is 12.0. The number of hydrogen-bond donors (Lipinski definition) is 1. The summed E-state index contributed by atoms with van der Waals surface area (Å²) in [5, 5.41) is 2.01. The highest BCUT2D eigenvalue weighted by atomic mass is 35.6. The Balaban J connectivity index is 1.66. The van der Waals surface area contributed by atoms with Crippen molar-refractivity contribution in [2.75, 3.05) is 18.9 Å². The molecule has 236 valence electrons. The molecule has 44 heavy (non-hydrogen) atoms. The molecule has 2 amide bonds. The molecule has 1 aromatic heterocycles. The highest BCUT2D eigenvalue weighted by Crippen LogP contribution is 2.50. The van der Waals surface area contributed by atoms with Crippen LogP contribution in [-0.2, 0) is 34.6 Å². The van der Waals surface area contributed by atoms with E-state index in [-0.39, 0.29) is 36.1 Å². The first kappa shape index (κ1) is 34.9. The molecule has 0 saturated carbocycles. The first-order chi connectivity index (χ1) is 20.8. The number of alkyl halides is 3. The average molecular weight is 737 g/mol. The summed E-state index contributed by atoms with van der Waals surface area (Å²) in [6.45, 7) is 4.24. The fourth-order valence-corrected chi connectivity index (χ4v) is 9.56. The summed E-state index contributed by atoms with van der Waals surface area (Å²) in [7, 11) is -0.654. The number of carbonyl (C=O) groups excluding carboxylic acids is 3. The minimum atomic E-state index is -3.18. The Bertz CT molecular complexity index is 1560. The van der Waals surface area contributed by atoms with E-state index in [9.17, 15) is 18.9 Å². The third-order valence-corrected chi connectivity index (χ3v) is 13.3. The molecule has 0 radical (unpaired) electrons. The Morgan fingerprint density at radius 1 is 1.09 bits per heavy atom. The van der Waals surface area contributed by atoms with Gasteiger partial charge in [-0.1, -0.05) is 102 Å². The van der Waals surface area contributed by atoms with E-state index in [0.29, 0.717) is 4.34 Å². The second-order valence-corrected chi connectivity index (χ2v) is 18.8. The first-order valence-corrected chi connectivity index (χ1v) is 19.6. The van der Waals surface area contributed by atoms with Crippen LogP contribution in [0.2, 0.25) is 0 Å². The molecule has 1 N–H and O–H groups in total. The zero-order chi connectivity index (χ0) is 32.1. The van der Waals surface area contributed by atoms with Crippen LogP contribution in [0.1, 0.15) is 26.3 Å². The van der Waals surface area contributed by atoms with E-state index in [1.165, 1.54) is 44.7 Å². The first-order valence-electron chi connectivity index (χ1n) is 13.4. The van der Waals surface area contributed by atoms with Gasteiger partial charge in [0.15, 0.2) is 10.0 Å². The quantitative estimate of drug-likeness (QED) is 0.0365. The van der Waals surface area contributed by atoms with Crippen molar-refractivity contribution in [1.82, 2.24) is 15.2 Å². The molecule has 1 aliphatic heterocycles. The van der Waals surface area contributed by atoms with Gasteiger partial charge in [-0.25, -0.2) is 9.78 Å². The Labute approximate surface area is 282 Å². The molecule has 0 bridgehead atoms. The zero-order valence-electron chi connectivity index (χ0n) is 23.8. The highest BCUT2D eigenvalue weighted by Gasteiger charge is 2.53. The Morgan fingerprint density at radius 3 is 2.39 bits per heavy atom. The summed E-state index contributed by atoms with van der Waals surface area (Å²) < 4.78 is 24.1.